The van der Waals surface area contributed by atoms with Gasteiger partial charge in [0.1, 0.15) is 5.82 Å². The fourth-order valence-corrected chi connectivity index (χ4v) is 2.34. The van der Waals surface area contributed by atoms with Crippen molar-refractivity contribution in [2.45, 2.75) is 51.2 Å². The summed E-state index contributed by atoms with van der Waals surface area (Å²) in [7, 11) is 0. The van der Waals surface area contributed by atoms with Crippen LogP contribution in [0.4, 0.5) is 0 Å². The molecule has 1 aliphatic rings. The van der Waals surface area contributed by atoms with Crippen LogP contribution in [0.25, 0.3) is 0 Å². The summed E-state index contributed by atoms with van der Waals surface area (Å²) in [5, 5.41) is 9.91. The number of imidazole rings is 1. The van der Waals surface area contributed by atoms with Crippen LogP contribution in [0.3, 0.4) is 0 Å². The molecular weight excluding hydrogens is 176 g/mol. The number of hydrogen-bond donors (Lipinski definition) is 1. The van der Waals surface area contributed by atoms with Crippen LogP contribution < -0.4 is 0 Å². The molecule has 1 aromatic heterocycles. The predicted molar refractivity (Wildman–Crippen MR) is 55.1 cm³/mol. The van der Waals surface area contributed by atoms with Gasteiger partial charge in [0.05, 0.1) is 12.1 Å². The van der Waals surface area contributed by atoms with Crippen LogP contribution in [0.15, 0.2) is 12.4 Å². The molecule has 78 valence electrons. The first kappa shape index (κ1) is 9.71. The van der Waals surface area contributed by atoms with Crippen LogP contribution in [0.5, 0.6) is 0 Å². The van der Waals surface area contributed by atoms with E-state index in [1.165, 1.54) is 6.42 Å². The fourth-order valence-electron chi connectivity index (χ4n) is 2.34. The first-order chi connectivity index (χ1) is 6.83. The number of aliphatic hydroxyl groups is 1. The van der Waals surface area contributed by atoms with Gasteiger partial charge in [-0.1, -0.05) is 19.8 Å². The summed E-state index contributed by atoms with van der Waals surface area (Å²) in [6.07, 6.45) is 9.00. The topological polar surface area (TPSA) is 38.0 Å². The maximum absolute atomic E-state index is 9.91. The number of aryl methyl sites for hydroxylation is 1. The van der Waals surface area contributed by atoms with E-state index >= 15 is 0 Å². The summed E-state index contributed by atoms with van der Waals surface area (Å²) in [6.45, 7) is 2.11. The molecule has 1 heterocycles. The molecule has 2 rings (SSSR count). The molecule has 0 spiro atoms. The van der Waals surface area contributed by atoms with Gasteiger partial charge in [0.25, 0.3) is 0 Å². The van der Waals surface area contributed by atoms with Crippen LogP contribution in [-0.2, 0) is 6.42 Å². The molecule has 1 N–H and O–H groups in total. The van der Waals surface area contributed by atoms with E-state index in [0.717, 1.165) is 31.5 Å². The highest BCUT2D eigenvalue weighted by atomic mass is 16.3. The van der Waals surface area contributed by atoms with E-state index in [0.29, 0.717) is 0 Å². The zero-order valence-corrected chi connectivity index (χ0v) is 8.69. The second-order valence-corrected chi connectivity index (χ2v) is 4.02. The minimum atomic E-state index is -0.178. The third-order valence-electron chi connectivity index (χ3n) is 3.12. The second kappa shape index (κ2) is 4.13. The average Bonchev–Trinajstić information content (AvgIpc) is 2.66. The number of aliphatic hydroxyl groups excluding tert-OH is 1. The van der Waals surface area contributed by atoms with Crippen LogP contribution in [0.2, 0.25) is 0 Å². The van der Waals surface area contributed by atoms with Crippen molar-refractivity contribution in [1.82, 2.24) is 9.55 Å². The van der Waals surface area contributed by atoms with Gasteiger partial charge in [-0.05, 0) is 12.8 Å². The Morgan fingerprint density at radius 3 is 3.00 bits per heavy atom. The summed E-state index contributed by atoms with van der Waals surface area (Å²) >= 11 is 0. The molecule has 1 fully saturated rings. The van der Waals surface area contributed by atoms with E-state index in [4.69, 9.17) is 0 Å². The molecule has 1 aliphatic carbocycles. The Morgan fingerprint density at radius 2 is 2.29 bits per heavy atom. The third kappa shape index (κ3) is 1.69. The van der Waals surface area contributed by atoms with Crippen molar-refractivity contribution < 1.29 is 5.11 Å². The lowest BCUT2D eigenvalue weighted by Crippen LogP contribution is -2.28. The smallest absolute Gasteiger partial charge is 0.108 e. The molecule has 2 atom stereocenters. The summed E-state index contributed by atoms with van der Waals surface area (Å²) in [6, 6.07) is 0.265. The van der Waals surface area contributed by atoms with Crippen molar-refractivity contribution in [2.24, 2.45) is 0 Å². The lowest BCUT2D eigenvalue weighted by atomic mass is 9.92. The Morgan fingerprint density at radius 1 is 1.50 bits per heavy atom. The molecule has 14 heavy (non-hydrogen) atoms. The van der Waals surface area contributed by atoms with Crippen molar-refractivity contribution in [1.29, 1.82) is 0 Å². The number of aromatic nitrogens is 2. The molecule has 0 saturated heterocycles. The lowest BCUT2D eigenvalue weighted by molar-refractivity contribution is 0.0741. The van der Waals surface area contributed by atoms with Crippen LogP contribution in [0.1, 0.15) is 44.5 Å². The highest BCUT2D eigenvalue weighted by molar-refractivity contribution is 4.97. The van der Waals surface area contributed by atoms with Gasteiger partial charge in [0.15, 0.2) is 0 Å². The Hall–Kier alpha value is -0.830. The minimum absolute atomic E-state index is 0.178. The highest BCUT2D eigenvalue weighted by Gasteiger charge is 2.25. The van der Waals surface area contributed by atoms with Gasteiger partial charge in [0, 0.05) is 18.8 Å². The SMILES string of the molecule is CCc1nccn1C1CCCC[C@@H]1O. The first-order valence-electron chi connectivity index (χ1n) is 5.52. The Kier molecular flexibility index (Phi) is 2.87. The number of nitrogens with zero attached hydrogens (tertiary/aromatic N) is 2. The third-order valence-corrected chi connectivity index (χ3v) is 3.12. The van der Waals surface area contributed by atoms with E-state index in [1.54, 1.807) is 0 Å². The average molecular weight is 194 g/mol. The Labute approximate surface area is 84.8 Å². The monoisotopic (exact) mass is 194 g/mol. The van der Waals surface area contributed by atoms with E-state index in [2.05, 4.69) is 16.5 Å². The molecule has 1 aromatic rings. The molecule has 0 aromatic carbocycles. The van der Waals surface area contributed by atoms with Gasteiger partial charge >= 0.3 is 0 Å². The molecule has 0 amide bonds. The molecule has 0 bridgehead atoms. The Bertz CT molecular complexity index is 295. The maximum atomic E-state index is 9.91. The van der Waals surface area contributed by atoms with Gasteiger partial charge in [-0.3, -0.25) is 0 Å². The highest BCUT2D eigenvalue weighted by Crippen LogP contribution is 2.29. The lowest BCUT2D eigenvalue weighted by Gasteiger charge is -2.29. The standard InChI is InChI=1S/C11H18N2O/c1-2-11-12-7-8-13(11)9-5-3-4-6-10(9)14/h7-10,14H,2-6H2,1H3/t9?,10-/m0/s1. The zero-order chi connectivity index (χ0) is 9.97. The van der Waals surface area contributed by atoms with Gasteiger partial charge in [-0.25, -0.2) is 4.98 Å². The van der Waals surface area contributed by atoms with Crippen molar-refractivity contribution in [2.75, 3.05) is 0 Å². The number of hydrogen-bond acceptors (Lipinski definition) is 2. The van der Waals surface area contributed by atoms with E-state index < -0.39 is 0 Å². The maximum Gasteiger partial charge on any atom is 0.108 e. The van der Waals surface area contributed by atoms with Gasteiger partial charge in [-0.15, -0.1) is 0 Å². The zero-order valence-electron chi connectivity index (χ0n) is 8.69. The van der Waals surface area contributed by atoms with E-state index in [9.17, 15) is 5.11 Å². The van der Waals surface area contributed by atoms with Gasteiger partial charge in [0.2, 0.25) is 0 Å². The van der Waals surface area contributed by atoms with Gasteiger partial charge < -0.3 is 9.67 Å². The molecule has 1 unspecified atom stereocenters. The predicted octanol–water partition coefficient (Wildman–Crippen LogP) is 1.92. The molecular formula is C11H18N2O. The summed E-state index contributed by atoms with van der Waals surface area (Å²) in [5.41, 5.74) is 0. The molecule has 0 aliphatic heterocycles. The molecule has 3 heteroatoms. The summed E-state index contributed by atoms with van der Waals surface area (Å²) in [4.78, 5) is 4.30. The largest absolute Gasteiger partial charge is 0.391 e. The van der Waals surface area contributed by atoms with Crippen molar-refractivity contribution >= 4 is 0 Å². The van der Waals surface area contributed by atoms with Crippen LogP contribution in [0, 0.1) is 0 Å². The summed E-state index contributed by atoms with van der Waals surface area (Å²) < 4.78 is 2.16. The molecule has 1 saturated carbocycles. The van der Waals surface area contributed by atoms with E-state index in [-0.39, 0.29) is 12.1 Å². The van der Waals surface area contributed by atoms with Crippen LogP contribution >= 0.6 is 0 Å². The second-order valence-electron chi connectivity index (χ2n) is 4.02. The fraction of sp³-hybridized carbons (Fsp3) is 0.727. The molecule has 0 radical (unpaired) electrons. The van der Waals surface area contributed by atoms with Gasteiger partial charge in [-0.2, -0.15) is 0 Å². The van der Waals surface area contributed by atoms with E-state index in [1.807, 2.05) is 12.4 Å². The Balaban J connectivity index is 2.20. The normalized spacial score (nSPS) is 27.9. The minimum Gasteiger partial charge on any atom is -0.391 e. The van der Waals surface area contributed by atoms with Crippen molar-refractivity contribution in [3.05, 3.63) is 18.2 Å². The van der Waals surface area contributed by atoms with Crippen molar-refractivity contribution in [3.8, 4) is 0 Å². The van der Waals surface area contributed by atoms with Crippen LogP contribution in [-0.4, -0.2) is 20.8 Å². The number of rotatable bonds is 2. The first-order valence-corrected chi connectivity index (χ1v) is 5.52. The molecule has 3 nitrogen and oxygen atoms in total. The van der Waals surface area contributed by atoms with Crippen molar-refractivity contribution in [3.63, 3.8) is 0 Å². The summed E-state index contributed by atoms with van der Waals surface area (Å²) in [5.74, 6) is 1.09. The quantitative estimate of drug-likeness (QED) is 0.781.